The Hall–Kier alpha value is -2.72. The van der Waals surface area contributed by atoms with Crippen molar-refractivity contribution in [3.63, 3.8) is 0 Å². The minimum atomic E-state index is -3.88. The predicted octanol–water partition coefficient (Wildman–Crippen LogP) is 3.07. The molecule has 31 heavy (non-hydrogen) atoms. The van der Waals surface area contributed by atoms with Gasteiger partial charge in [0.05, 0.1) is 11.3 Å². The van der Waals surface area contributed by atoms with Crippen molar-refractivity contribution in [1.82, 2.24) is 0 Å². The second-order valence-corrected chi connectivity index (χ2v) is 10.7. The number of primary amides is 1. The number of hydrogen-bond acceptors (Lipinski definition) is 6. The highest BCUT2D eigenvalue weighted by Crippen LogP contribution is 2.39. The molecule has 162 valence electrons. The Morgan fingerprint density at radius 3 is 2.74 bits per heavy atom. The number of nitrogens with zero attached hydrogens (tertiary/aromatic N) is 2. The fourth-order valence-corrected chi connectivity index (χ4v) is 7.12. The van der Waals surface area contributed by atoms with E-state index >= 15 is 0 Å². The molecule has 3 N–H and O–H groups in total. The Morgan fingerprint density at radius 1 is 1.10 bits per heavy atom. The SMILES string of the molecule is NC(=O)c1c(NC(=O)c2ccc3c(c2)S(=O)(=O)N=C2CCCCCN23)sc2c1CCC2. The van der Waals surface area contributed by atoms with E-state index in [1.165, 1.54) is 17.4 Å². The molecule has 2 aromatic rings. The highest BCUT2D eigenvalue weighted by atomic mass is 32.2. The van der Waals surface area contributed by atoms with Crippen LogP contribution in [-0.4, -0.2) is 32.6 Å². The zero-order valence-corrected chi connectivity index (χ0v) is 18.4. The number of fused-ring (bicyclic) bond motifs is 4. The summed E-state index contributed by atoms with van der Waals surface area (Å²) in [5.74, 6) is -0.474. The first-order chi connectivity index (χ1) is 14.8. The molecule has 0 radical (unpaired) electrons. The van der Waals surface area contributed by atoms with E-state index in [0.717, 1.165) is 49.0 Å². The number of nitrogens with one attached hydrogen (secondary N) is 1. The maximum absolute atomic E-state index is 12.9. The molecule has 0 atom stereocenters. The molecular weight excluding hydrogens is 436 g/mol. The van der Waals surface area contributed by atoms with Gasteiger partial charge in [0.2, 0.25) is 0 Å². The van der Waals surface area contributed by atoms with Crippen LogP contribution in [0.25, 0.3) is 0 Å². The Morgan fingerprint density at radius 2 is 1.94 bits per heavy atom. The van der Waals surface area contributed by atoms with Gasteiger partial charge >= 0.3 is 0 Å². The van der Waals surface area contributed by atoms with Crippen molar-refractivity contribution < 1.29 is 18.0 Å². The van der Waals surface area contributed by atoms with Gasteiger partial charge in [-0.05, 0) is 55.9 Å². The number of sulfonamides is 1. The van der Waals surface area contributed by atoms with Crippen LogP contribution in [0.4, 0.5) is 10.7 Å². The molecule has 0 spiro atoms. The van der Waals surface area contributed by atoms with Gasteiger partial charge in [-0.2, -0.15) is 8.42 Å². The van der Waals surface area contributed by atoms with Crippen LogP contribution < -0.4 is 16.0 Å². The molecule has 1 saturated heterocycles. The van der Waals surface area contributed by atoms with E-state index in [1.807, 2.05) is 4.90 Å². The molecule has 1 aliphatic carbocycles. The van der Waals surface area contributed by atoms with Gasteiger partial charge in [-0.1, -0.05) is 6.42 Å². The predicted molar refractivity (Wildman–Crippen MR) is 120 cm³/mol. The van der Waals surface area contributed by atoms with Crippen molar-refractivity contribution in [2.24, 2.45) is 10.1 Å². The highest BCUT2D eigenvalue weighted by Gasteiger charge is 2.32. The molecule has 1 aromatic carbocycles. The van der Waals surface area contributed by atoms with Crippen LogP contribution in [-0.2, 0) is 22.9 Å². The minimum Gasteiger partial charge on any atom is -0.365 e. The fraction of sp³-hybridized carbons (Fsp3) is 0.381. The molecular formula is C21H22N4O4S2. The number of rotatable bonds is 3. The molecule has 2 amide bonds. The average Bonchev–Trinajstić information content (AvgIpc) is 3.21. The zero-order chi connectivity index (χ0) is 21.8. The maximum atomic E-state index is 12.9. The third kappa shape index (κ3) is 3.43. The number of amidine groups is 1. The van der Waals surface area contributed by atoms with Crippen molar-refractivity contribution >= 4 is 49.7 Å². The van der Waals surface area contributed by atoms with Gasteiger partial charge in [0.1, 0.15) is 15.7 Å². The summed E-state index contributed by atoms with van der Waals surface area (Å²) in [4.78, 5) is 28.0. The van der Waals surface area contributed by atoms with Crippen molar-refractivity contribution in [2.45, 2.75) is 49.8 Å². The van der Waals surface area contributed by atoms with Crippen LogP contribution in [0.2, 0.25) is 0 Å². The van der Waals surface area contributed by atoms with E-state index in [2.05, 4.69) is 9.71 Å². The van der Waals surface area contributed by atoms with Crippen LogP contribution in [0.3, 0.4) is 0 Å². The van der Waals surface area contributed by atoms with Crippen molar-refractivity contribution in [3.8, 4) is 0 Å². The number of carbonyl (C=O) groups is 2. The Labute approximate surface area is 184 Å². The summed E-state index contributed by atoms with van der Waals surface area (Å²) in [6, 6.07) is 4.66. The molecule has 3 aliphatic rings. The molecule has 0 bridgehead atoms. The number of carbonyl (C=O) groups excluding carboxylic acids is 2. The molecule has 5 rings (SSSR count). The van der Waals surface area contributed by atoms with Gasteiger partial charge in [-0.25, -0.2) is 0 Å². The van der Waals surface area contributed by atoms with E-state index in [4.69, 9.17) is 5.73 Å². The number of thiophene rings is 1. The number of hydrogen-bond donors (Lipinski definition) is 2. The summed E-state index contributed by atoms with van der Waals surface area (Å²) in [5.41, 5.74) is 7.62. The first-order valence-corrected chi connectivity index (χ1v) is 12.6. The van der Waals surface area contributed by atoms with Crippen LogP contribution in [0.1, 0.15) is 63.3 Å². The number of aryl methyl sites for hydroxylation is 1. The number of amides is 2. The second-order valence-electron chi connectivity index (χ2n) is 8.01. The monoisotopic (exact) mass is 458 g/mol. The zero-order valence-electron chi connectivity index (χ0n) is 16.8. The van der Waals surface area contributed by atoms with Gasteiger partial charge in [0, 0.05) is 23.4 Å². The second kappa shape index (κ2) is 7.45. The van der Waals surface area contributed by atoms with Crippen LogP contribution >= 0.6 is 11.3 Å². The largest absolute Gasteiger partial charge is 0.365 e. The molecule has 0 saturated carbocycles. The van der Waals surface area contributed by atoms with Gasteiger partial charge in [-0.15, -0.1) is 15.7 Å². The number of nitrogens with two attached hydrogens (primary N) is 1. The van der Waals surface area contributed by atoms with E-state index in [0.29, 0.717) is 35.1 Å². The van der Waals surface area contributed by atoms with Crippen LogP contribution in [0.15, 0.2) is 27.5 Å². The van der Waals surface area contributed by atoms with E-state index < -0.39 is 21.8 Å². The average molecular weight is 459 g/mol. The normalized spacial score (nSPS) is 19.0. The van der Waals surface area contributed by atoms with Crippen LogP contribution in [0.5, 0.6) is 0 Å². The summed E-state index contributed by atoms with van der Waals surface area (Å²) in [6.45, 7) is 0.704. The molecule has 1 aromatic heterocycles. The third-order valence-electron chi connectivity index (χ3n) is 6.00. The summed E-state index contributed by atoms with van der Waals surface area (Å²) < 4.78 is 29.6. The molecule has 3 heterocycles. The highest BCUT2D eigenvalue weighted by molar-refractivity contribution is 7.90. The summed E-state index contributed by atoms with van der Waals surface area (Å²) >= 11 is 1.36. The van der Waals surface area contributed by atoms with Crippen molar-refractivity contribution in [3.05, 3.63) is 39.8 Å². The lowest BCUT2D eigenvalue weighted by Crippen LogP contribution is -2.35. The lowest BCUT2D eigenvalue weighted by atomic mass is 10.1. The lowest BCUT2D eigenvalue weighted by Gasteiger charge is -2.29. The topological polar surface area (TPSA) is 122 Å². The van der Waals surface area contributed by atoms with Gasteiger partial charge < -0.3 is 16.0 Å². The third-order valence-corrected chi connectivity index (χ3v) is 8.55. The summed E-state index contributed by atoms with van der Waals surface area (Å²) in [5, 5.41) is 3.20. The van der Waals surface area contributed by atoms with Gasteiger partial charge in [-0.3, -0.25) is 9.59 Å². The fourth-order valence-electron chi connectivity index (χ4n) is 4.55. The van der Waals surface area contributed by atoms with Crippen LogP contribution in [0, 0.1) is 0 Å². The molecule has 1 fully saturated rings. The van der Waals surface area contributed by atoms with Crippen molar-refractivity contribution in [2.75, 3.05) is 16.8 Å². The number of benzene rings is 1. The van der Waals surface area contributed by atoms with Crippen molar-refractivity contribution in [1.29, 1.82) is 0 Å². The van der Waals surface area contributed by atoms with E-state index in [-0.39, 0.29) is 10.5 Å². The first-order valence-electron chi connectivity index (χ1n) is 10.4. The minimum absolute atomic E-state index is 0.0367. The lowest BCUT2D eigenvalue weighted by molar-refractivity contribution is 0.100. The first kappa shape index (κ1) is 20.2. The van der Waals surface area contributed by atoms with Gasteiger partial charge in [0.15, 0.2) is 0 Å². The Bertz CT molecular complexity index is 1250. The summed E-state index contributed by atoms with van der Waals surface area (Å²) in [7, 11) is -3.88. The smallest absolute Gasteiger partial charge is 0.286 e. The molecule has 10 heteroatoms. The standard InChI is InChI=1S/C21H22N4O4S2/c22-19(26)18-13-5-4-6-15(13)30-21(18)23-20(27)12-8-9-14-16(11-12)31(28,29)24-17-7-2-1-3-10-25(14)17/h8-9,11H,1-7,10H2,(H2,22,26)(H,23,27). The molecule has 8 nitrogen and oxygen atoms in total. The maximum Gasteiger partial charge on any atom is 0.286 e. The van der Waals surface area contributed by atoms with E-state index in [9.17, 15) is 18.0 Å². The Kier molecular flexibility index (Phi) is 4.86. The van der Waals surface area contributed by atoms with Gasteiger partial charge in [0.25, 0.3) is 21.8 Å². The molecule has 2 aliphatic heterocycles. The summed E-state index contributed by atoms with van der Waals surface area (Å²) in [6.07, 6.45) is 6.12. The number of anilines is 2. The Balaban J connectivity index is 1.49. The van der Waals surface area contributed by atoms with E-state index in [1.54, 1.807) is 12.1 Å². The quantitative estimate of drug-likeness (QED) is 0.732. The molecule has 0 unspecified atom stereocenters.